The fourth-order valence-corrected chi connectivity index (χ4v) is 0. The molecule has 0 aliphatic heterocycles. The fourth-order valence-electron chi connectivity index (χ4n) is 0. The topological polar surface area (TPSA) is 35.0 Å². The largest absolute Gasteiger partial charge is 0.344 e. The van der Waals surface area contributed by atoms with Crippen molar-refractivity contribution < 1.29 is 0 Å². The van der Waals surface area contributed by atoms with Crippen LogP contribution in [0.15, 0.2) is 0 Å². The molecule has 0 heterocycles. The van der Waals surface area contributed by atoms with E-state index in [0.717, 1.165) is 0 Å². The summed E-state index contributed by atoms with van der Waals surface area (Å²) in [5, 5.41) is 0. The van der Waals surface area contributed by atoms with Gasteiger partial charge in [0, 0.05) is 8.41 Å². The Balaban J connectivity index is 0. The minimum absolute atomic E-state index is 0. The van der Waals surface area contributed by atoms with Crippen molar-refractivity contribution in [3.05, 3.63) is 0 Å². The van der Waals surface area contributed by atoms with Crippen molar-refractivity contribution >= 4 is 21.9 Å². The van der Waals surface area contributed by atoms with E-state index in [-0.39, 0.29) is 35.5 Å². The lowest BCUT2D eigenvalue weighted by Gasteiger charge is -0.344. The summed E-state index contributed by atoms with van der Waals surface area (Å²) in [7, 11) is 0. The minimum atomic E-state index is 0. The second kappa shape index (κ2) is 135. The number of hydrogen-bond acceptors (Lipinski definition) is 1. The van der Waals surface area contributed by atoms with E-state index in [4.69, 9.17) is 0 Å². The fraction of sp³-hybridized carbons (Fsp3) is 1.00. The zero-order valence-corrected chi connectivity index (χ0v) is 2.78. The van der Waals surface area contributed by atoms with Crippen molar-refractivity contribution in [3.63, 3.8) is 0 Å². The molecule has 3 heteroatoms. The first-order chi connectivity index (χ1) is 0. The Morgan fingerprint density at radius 1 is 1.00 bits per heavy atom. The molecular weight excluding hydrogens is 68.9 g/mol. The summed E-state index contributed by atoms with van der Waals surface area (Å²) in [5.74, 6) is 0. The van der Waals surface area contributed by atoms with Gasteiger partial charge in [-0.05, 0) is 0 Å². The van der Waals surface area contributed by atoms with E-state index in [9.17, 15) is 0 Å². The van der Waals surface area contributed by atoms with Crippen LogP contribution < -0.4 is 6.15 Å². The molecule has 0 aliphatic rings. The van der Waals surface area contributed by atoms with Crippen molar-refractivity contribution in [3.8, 4) is 0 Å². The first-order valence-electron chi connectivity index (χ1n) is 0. The van der Waals surface area contributed by atoms with Crippen LogP contribution in [0.1, 0.15) is 7.43 Å². The maximum Gasteiger partial charge on any atom is 0 e. The van der Waals surface area contributed by atoms with Crippen molar-refractivity contribution in [1.29, 1.82) is 0 Å². The summed E-state index contributed by atoms with van der Waals surface area (Å²) in [5.41, 5.74) is 0. The molecule has 27 valence electrons. The van der Waals surface area contributed by atoms with Crippen LogP contribution in [0.4, 0.5) is 0 Å². The van der Waals surface area contributed by atoms with E-state index >= 15 is 0 Å². The van der Waals surface area contributed by atoms with E-state index in [1.54, 1.807) is 0 Å². The van der Waals surface area contributed by atoms with Gasteiger partial charge in [-0.3, -0.25) is 0 Å². The van der Waals surface area contributed by atoms with E-state index in [1.807, 2.05) is 0 Å². The average Bonchev–Trinajstić information content (AvgIpc) is 0. The van der Waals surface area contributed by atoms with Gasteiger partial charge < -0.3 is 6.15 Å². The highest BCUT2D eigenvalue weighted by atomic mass is 32.1. The molecule has 0 aromatic carbocycles. The van der Waals surface area contributed by atoms with E-state index in [1.165, 1.54) is 0 Å². The van der Waals surface area contributed by atoms with Crippen LogP contribution in [0.5, 0.6) is 0 Å². The molecule has 0 saturated carbocycles. The third kappa shape index (κ3) is 31.9. The van der Waals surface area contributed by atoms with Gasteiger partial charge in [-0.15, -0.1) is 0 Å². The Hall–Kier alpha value is 0.375. The van der Waals surface area contributed by atoms with Gasteiger partial charge in [-0.25, -0.2) is 0 Å². The molecule has 3 N–H and O–H groups in total. The molecule has 0 atom stereocenters. The Labute approximate surface area is 36.4 Å². The molecule has 0 spiro atoms. The molecule has 0 amide bonds. The predicted molar refractivity (Wildman–Crippen MR) is 27.9 cm³/mol. The van der Waals surface area contributed by atoms with Gasteiger partial charge in [0.15, 0.2) is 0 Å². The van der Waals surface area contributed by atoms with Gasteiger partial charge in [0.25, 0.3) is 0 Å². The zero-order valence-electron chi connectivity index (χ0n) is 1.78. The van der Waals surface area contributed by atoms with Gasteiger partial charge in [0.2, 0.25) is 0 Å². The van der Waals surface area contributed by atoms with Gasteiger partial charge in [0.1, 0.15) is 0 Å². The van der Waals surface area contributed by atoms with Crippen LogP contribution in [-0.2, 0) is 0 Å². The minimum Gasteiger partial charge on any atom is -0.344 e. The summed E-state index contributed by atoms with van der Waals surface area (Å²) in [6, 6.07) is 0. The summed E-state index contributed by atoms with van der Waals surface area (Å²) < 4.78 is 0. The van der Waals surface area contributed by atoms with Crippen molar-refractivity contribution in [2.75, 3.05) is 0 Å². The van der Waals surface area contributed by atoms with Gasteiger partial charge in [-0.1, -0.05) is 7.43 Å². The standard InChI is InChI=1S/CH4.B.H3N.H2S/h1H4;;1H3;1H2. The molecule has 4 heavy (non-hydrogen) atoms. The maximum absolute atomic E-state index is 0. The molecule has 0 aliphatic carbocycles. The highest BCUT2D eigenvalue weighted by molar-refractivity contribution is 7.59. The lowest BCUT2D eigenvalue weighted by Crippen LogP contribution is -0.481. The van der Waals surface area contributed by atoms with Crippen LogP contribution in [-0.4, -0.2) is 8.41 Å². The average molecular weight is 78.0 g/mol. The van der Waals surface area contributed by atoms with E-state index in [0.29, 0.717) is 0 Å². The summed E-state index contributed by atoms with van der Waals surface area (Å²) in [6.07, 6.45) is 0. The van der Waals surface area contributed by atoms with Crippen molar-refractivity contribution in [2.24, 2.45) is 0 Å². The van der Waals surface area contributed by atoms with Crippen LogP contribution in [0.2, 0.25) is 0 Å². The maximum atomic E-state index is 0. The highest BCUT2D eigenvalue weighted by Crippen LogP contribution is 0.648. The summed E-state index contributed by atoms with van der Waals surface area (Å²) in [4.78, 5) is 0. The first-order valence-corrected chi connectivity index (χ1v) is 0. The van der Waals surface area contributed by atoms with Gasteiger partial charge in [-0.2, -0.15) is 13.5 Å². The third-order valence-electron chi connectivity index (χ3n) is 0. The Bertz CT molecular complexity index is 8.00. The third-order valence-corrected chi connectivity index (χ3v) is 0. The lowest BCUT2D eigenvalue weighted by molar-refractivity contribution is 2.13. The van der Waals surface area contributed by atoms with Crippen LogP contribution in [0.3, 0.4) is 0 Å². The smallest absolute Gasteiger partial charge is 0 e. The number of rotatable bonds is 0. The van der Waals surface area contributed by atoms with Crippen LogP contribution in [0, 0.1) is 0 Å². The summed E-state index contributed by atoms with van der Waals surface area (Å²) in [6.45, 7) is 0. The molecule has 1 nitrogen and oxygen atoms in total. The normalized spacial score (nSPS) is 0. The van der Waals surface area contributed by atoms with Crippen molar-refractivity contribution in [2.45, 2.75) is 7.43 Å². The van der Waals surface area contributed by atoms with Crippen LogP contribution in [0.25, 0.3) is 0 Å². The molecule has 0 aromatic rings. The molecule has 0 fully saturated rings. The highest BCUT2D eigenvalue weighted by Gasteiger charge is 0.0000211. The Morgan fingerprint density at radius 3 is 1.00 bits per heavy atom. The Kier molecular flexibility index (Phi) is 12000. The molecule has 0 aromatic heterocycles. The number of hydrogen-bond donors (Lipinski definition) is 1. The molecule has 0 unspecified atom stereocenters. The van der Waals surface area contributed by atoms with E-state index < -0.39 is 0 Å². The molecule has 0 rings (SSSR count). The monoisotopic (exact) mass is 78.1 g/mol. The first kappa shape index (κ1) is 354. The SMILES string of the molecule is C.N.S.[B]. The summed E-state index contributed by atoms with van der Waals surface area (Å²) >= 11 is 0. The van der Waals surface area contributed by atoms with Gasteiger partial charge >= 0.3 is 0 Å². The quantitative estimate of drug-likeness (QED) is 0.421. The molecule has 3 radical (unpaired) electrons. The van der Waals surface area contributed by atoms with E-state index in [2.05, 4.69) is 0 Å². The van der Waals surface area contributed by atoms with Gasteiger partial charge in [0.05, 0.1) is 0 Å². The zero-order chi connectivity index (χ0) is 0. The second-order valence-corrected chi connectivity index (χ2v) is 0. The van der Waals surface area contributed by atoms with Crippen LogP contribution >= 0.6 is 13.5 Å². The molecule has 0 saturated heterocycles. The molecular formula is CH9BNS. The predicted octanol–water partition coefficient (Wildman–Crippen LogP) is 0.530. The molecule has 0 bridgehead atoms. The lowest BCUT2D eigenvalue weighted by atomic mass is 10.8. The second-order valence-electron chi connectivity index (χ2n) is 0. The van der Waals surface area contributed by atoms with Crippen molar-refractivity contribution in [1.82, 2.24) is 6.15 Å². The Morgan fingerprint density at radius 2 is 1.00 bits per heavy atom.